The maximum atomic E-state index is 11.8. The van der Waals surface area contributed by atoms with E-state index in [0.29, 0.717) is 16.9 Å². The zero-order chi connectivity index (χ0) is 15.0. The quantitative estimate of drug-likeness (QED) is 0.785. The summed E-state index contributed by atoms with van der Waals surface area (Å²) >= 11 is 0. The van der Waals surface area contributed by atoms with Crippen molar-refractivity contribution < 1.29 is 14.3 Å². The predicted octanol–water partition coefficient (Wildman–Crippen LogP) is 2.57. The van der Waals surface area contributed by atoms with Gasteiger partial charge in [-0.1, -0.05) is 13.0 Å². The first-order valence-electron chi connectivity index (χ1n) is 6.43. The van der Waals surface area contributed by atoms with Crippen molar-refractivity contribution in [2.24, 2.45) is 0 Å². The second-order valence-electron chi connectivity index (χ2n) is 4.31. The lowest BCUT2D eigenvalue weighted by molar-refractivity contribution is -0.119. The topological polar surface area (TPSA) is 67.4 Å². The molecule has 1 aromatic carbocycles. The Labute approximate surface area is 119 Å². The SMILES string of the molecule is CC/C=C(/C)C(=O)Nc1ccc(NC(=O)COC)cc1. The zero-order valence-corrected chi connectivity index (χ0v) is 12.0. The summed E-state index contributed by atoms with van der Waals surface area (Å²) in [7, 11) is 1.46. The molecule has 0 aromatic heterocycles. The van der Waals surface area contributed by atoms with E-state index in [9.17, 15) is 9.59 Å². The van der Waals surface area contributed by atoms with Crippen LogP contribution in [0.25, 0.3) is 0 Å². The van der Waals surface area contributed by atoms with Gasteiger partial charge >= 0.3 is 0 Å². The van der Waals surface area contributed by atoms with Gasteiger partial charge in [-0.05, 0) is 37.6 Å². The first kappa shape index (κ1) is 15.9. The van der Waals surface area contributed by atoms with E-state index in [4.69, 9.17) is 4.74 Å². The highest BCUT2D eigenvalue weighted by Gasteiger charge is 2.05. The van der Waals surface area contributed by atoms with Crippen LogP contribution in [0.2, 0.25) is 0 Å². The Bertz CT molecular complexity index is 492. The molecule has 0 radical (unpaired) electrons. The molecule has 108 valence electrons. The highest BCUT2D eigenvalue weighted by Crippen LogP contribution is 2.14. The Kier molecular flexibility index (Phi) is 6.46. The van der Waals surface area contributed by atoms with Crippen molar-refractivity contribution >= 4 is 23.2 Å². The van der Waals surface area contributed by atoms with Gasteiger partial charge in [-0.15, -0.1) is 0 Å². The van der Waals surface area contributed by atoms with Crippen LogP contribution in [0.1, 0.15) is 20.3 Å². The highest BCUT2D eigenvalue weighted by molar-refractivity contribution is 6.03. The van der Waals surface area contributed by atoms with Crippen molar-refractivity contribution in [2.45, 2.75) is 20.3 Å². The molecule has 0 saturated carbocycles. The van der Waals surface area contributed by atoms with Crippen LogP contribution in [0.15, 0.2) is 35.9 Å². The number of ether oxygens (including phenoxy) is 1. The number of methoxy groups -OCH3 is 1. The van der Waals surface area contributed by atoms with Gasteiger partial charge in [0.25, 0.3) is 5.91 Å². The second-order valence-corrected chi connectivity index (χ2v) is 4.31. The van der Waals surface area contributed by atoms with Crippen molar-refractivity contribution in [3.05, 3.63) is 35.9 Å². The molecule has 2 N–H and O–H groups in total. The first-order valence-corrected chi connectivity index (χ1v) is 6.43. The Morgan fingerprint density at radius 2 is 1.70 bits per heavy atom. The second kappa shape index (κ2) is 8.12. The van der Waals surface area contributed by atoms with Crippen LogP contribution in [0.5, 0.6) is 0 Å². The van der Waals surface area contributed by atoms with Gasteiger partial charge in [0.05, 0.1) is 0 Å². The Hall–Kier alpha value is -2.14. The number of hydrogen-bond donors (Lipinski definition) is 2. The molecule has 0 spiro atoms. The fourth-order valence-corrected chi connectivity index (χ4v) is 1.59. The summed E-state index contributed by atoms with van der Waals surface area (Å²) in [6, 6.07) is 6.92. The molecule has 5 heteroatoms. The predicted molar refractivity (Wildman–Crippen MR) is 79.6 cm³/mol. The van der Waals surface area contributed by atoms with E-state index in [0.717, 1.165) is 6.42 Å². The third kappa shape index (κ3) is 5.24. The van der Waals surface area contributed by atoms with Crippen molar-refractivity contribution in [3.63, 3.8) is 0 Å². The van der Waals surface area contributed by atoms with E-state index in [1.54, 1.807) is 31.2 Å². The molecule has 0 aliphatic rings. The molecule has 20 heavy (non-hydrogen) atoms. The van der Waals surface area contributed by atoms with E-state index >= 15 is 0 Å². The van der Waals surface area contributed by atoms with Crippen LogP contribution < -0.4 is 10.6 Å². The summed E-state index contributed by atoms with van der Waals surface area (Å²) < 4.78 is 4.73. The molecule has 5 nitrogen and oxygen atoms in total. The molecule has 0 heterocycles. The molecule has 0 unspecified atom stereocenters. The van der Waals surface area contributed by atoms with Crippen LogP contribution in [0.3, 0.4) is 0 Å². The first-order chi connectivity index (χ1) is 9.56. The van der Waals surface area contributed by atoms with Gasteiger partial charge in [0, 0.05) is 24.1 Å². The van der Waals surface area contributed by atoms with Crippen molar-refractivity contribution in [2.75, 3.05) is 24.4 Å². The van der Waals surface area contributed by atoms with Gasteiger partial charge < -0.3 is 15.4 Å². The third-order valence-electron chi connectivity index (χ3n) is 2.57. The molecule has 0 bridgehead atoms. The number of rotatable bonds is 6. The molecule has 2 amide bonds. The smallest absolute Gasteiger partial charge is 0.250 e. The monoisotopic (exact) mass is 276 g/mol. The lowest BCUT2D eigenvalue weighted by atomic mass is 10.2. The Morgan fingerprint density at radius 1 is 1.15 bits per heavy atom. The van der Waals surface area contributed by atoms with Gasteiger partial charge in [-0.3, -0.25) is 9.59 Å². The number of allylic oxidation sites excluding steroid dienone is 1. The standard InChI is InChI=1S/C15H20N2O3/c1-4-5-11(2)15(19)17-13-8-6-12(7-9-13)16-14(18)10-20-3/h5-9H,4,10H2,1-3H3,(H,16,18)(H,17,19)/b11-5-. The third-order valence-corrected chi connectivity index (χ3v) is 2.57. The number of hydrogen-bond acceptors (Lipinski definition) is 3. The zero-order valence-electron chi connectivity index (χ0n) is 12.0. The van der Waals surface area contributed by atoms with Crippen LogP contribution in [0.4, 0.5) is 11.4 Å². The molecule has 0 aliphatic heterocycles. The molecular formula is C15H20N2O3. The van der Waals surface area contributed by atoms with Gasteiger partial charge in [0.1, 0.15) is 6.61 Å². The van der Waals surface area contributed by atoms with E-state index < -0.39 is 0 Å². The van der Waals surface area contributed by atoms with E-state index in [2.05, 4.69) is 10.6 Å². The van der Waals surface area contributed by atoms with E-state index in [1.165, 1.54) is 7.11 Å². The molecule has 0 aliphatic carbocycles. The van der Waals surface area contributed by atoms with Gasteiger partial charge in [-0.25, -0.2) is 0 Å². The highest BCUT2D eigenvalue weighted by atomic mass is 16.5. The Morgan fingerprint density at radius 3 is 2.20 bits per heavy atom. The lowest BCUT2D eigenvalue weighted by Gasteiger charge is -2.08. The molecule has 0 saturated heterocycles. The number of nitrogens with one attached hydrogen (secondary N) is 2. The number of amides is 2. The van der Waals surface area contributed by atoms with Crippen molar-refractivity contribution in [1.82, 2.24) is 0 Å². The molecule has 1 aromatic rings. The number of carbonyl (C=O) groups is 2. The largest absolute Gasteiger partial charge is 0.375 e. The minimum atomic E-state index is -0.217. The lowest BCUT2D eigenvalue weighted by Crippen LogP contribution is -2.17. The van der Waals surface area contributed by atoms with Crippen LogP contribution in [-0.4, -0.2) is 25.5 Å². The van der Waals surface area contributed by atoms with E-state index in [-0.39, 0.29) is 18.4 Å². The molecule has 0 atom stereocenters. The van der Waals surface area contributed by atoms with Gasteiger partial charge in [0.2, 0.25) is 5.91 Å². The maximum Gasteiger partial charge on any atom is 0.250 e. The number of carbonyl (C=O) groups excluding carboxylic acids is 2. The summed E-state index contributed by atoms with van der Waals surface area (Å²) in [5.74, 6) is -0.339. The molecular weight excluding hydrogens is 256 g/mol. The Balaban J connectivity index is 2.61. The van der Waals surface area contributed by atoms with Crippen molar-refractivity contribution in [1.29, 1.82) is 0 Å². The van der Waals surface area contributed by atoms with Crippen LogP contribution in [-0.2, 0) is 14.3 Å². The van der Waals surface area contributed by atoms with Gasteiger partial charge in [-0.2, -0.15) is 0 Å². The fraction of sp³-hybridized carbons (Fsp3) is 0.333. The van der Waals surface area contributed by atoms with Crippen LogP contribution in [0, 0.1) is 0 Å². The summed E-state index contributed by atoms with van der Waals surface area (Å²) in [5.41, 5.74) is 2.03. The normalized spacial score (nSPS) is 11.1. The summed E-state index contributed by atoms with van der Waals surface area (Å²) in [6.45, 7) is 3.77. The maximum absolute atomic E-state index is 11.8. The average molecular weight is 276 g/mol. The molecule has 1 rings (SSSR count). The summed E-state index contributed by atoms with van der Waals surface area (Å²) in [6.07, 6.45) is 2.69. The van der Waals surface area contributed by atoms with Crippen molar-refractivity contribution in [3.8, 4) is 0 Å². The fourth-order valence-electron chi connectivity index (χ4n) is 1.59. The number of benzene rings is 1. The number of anilines is 2. The van der Waals surface area contributed by atoms with Crippen LogP contribution >= 0.6 is 0 Å². The minimum Gasteiger partial charge on any atom is -0.375 e. The molecule has 0 fully saturated rings. The van der Waals surface area contributed by atoms with E-state index in [1.807, 2.05) is 13.0 Å². The minimum absolute atomic E-state index is 0.0134. The summed E-state index contributed by atoms with van der Waals surface area (Å²) in [5, 5.41) is 5.47. The summed E-state index contributed by atoms with van der Waals surface area (Å²) in [4.78, 5) is 23.1. The average Bonchev–Trinajstić information content (AvgIpc) is 2.41. The van der Waals surface area contributed by atoms with Gasteiger partial charge in [0.15, 0.2) is 0 Å².